The fourth-order valence-corrected chi connectivity index (χ4v) is 3.93. The molecule has 0 aliphatic carbocycles. The van der Waals surface area contributed by atoms with Gasteiger partial charge in [0.25, 0.3) is 11.8 Å². The smallest absolute Gasteiger partial charge is 0.261 e. The standard InChI is InChI=1S/C21H26N4O2S/c1-3-22-21(24-14-16-11-10-15(2)28-16)23-12-6-7-13-25-19(26)17-8-4-5-9-18(17)20(25)27/h4-5,8-11H,3,6-7,12-14H2,1-2H3,(H2,22,23,24). The van der Waals surface area contributed by atoms with Crippen LogP contribution in [0.3, 0.4) is 0 Å². The maximum atomic E-state index is 12.3. The number of aryl methyl sites for hydroxylation is 1. The van der Waals surface area contributed by atoms with Gasteiger partial charge in [-0.25, -0.2) is 4.99 Å². The molecule has 7 heteroatoms. The normalized spacial score (nSPS) is 13.8. The molecular formula is C21H26N4O2S. The molecule has 1 aromatic heterocycles. The average molecular weight is 399 g/mol. The summed E-state index contributed by atoms with van der Waals surface area (Å²) in [5.74, 6) is 0.415. The Labute approximate surface area is 169 Å². The summed E-state index contributed by atoms with van der Waals surface area (Å²) >= 11 is 1.76. The molecule has 1 aromatic carbocycles. The predicted molar refractivity (Wildman–Crippen MR) is 113 cm³/mol. The van der Waals surface area contributed by atoms with E-state index in [1.165, 1.54) is 14.7 Å². The highest BCUT2D eigenvalue weighted by molar-refractivity contribution is 7.11. The molecule has 148 valence electrons. The van der Waals surface area contributed by atoms with Gasteiger partial charge in [0.1, 0.15) is 0 Å². The highest BCUT2D eigenvalue weighted by Gasteiger charge is 2.34. The summed E-state index contributed by atoms with van der Waals surface area (Å²) in [6.45, 7) is 6.76. The summed E-state index contributed by atoms with van der Waals surface area (Å²) in [5, 5.41) is 6.56. The fourth-order valence-electron chi connectivity index (χ4n) is 3.11. The van der Waals surface area contributed by atoms with Crippen molar-refractivity contribution in [1.82, 2.24) is 15.5 Å². The lowest BCUT2D eigenvalue weighted by Gasteiger charge is -2.14. The third-order valence-corrected chi connectivity index (χ3v) is 5.50. The van der Waals surface area contributed by atoms with Gasteiger partial charge in [0.15, 0.2) is 5.96 Å². The molecule has 1 aliphatic heterocycles. The molecule has 2 amide bonds. The van der Waals surface area contributed by atoms with Crippen LogP contribution in [0.1, 0.15) is 50.2 Å². The van der Waals surface area contributed by atoms with E-state index >= 15 is 0 Å². The van der Waals surface area contributed by atoms with E-state index in [1.807, 2.05) is 6.92 Å². The van der Waals surface area contributed by atoms with Crippen LogP contribution in [-0.2, 0) is 6.54 Å². The minimum Gasteiger partial charge on any atom is -0.357 e. The van der Waals surface area contributed by atoms with E-state index in [-0.39, 0.29) is 11.8 Å². The molecule has 0 unspecified atom stereocenters. The van der Waals surface area contributed by atoms with E-state index in [0.29, 0.717) is 24.2 Å². The lowest BCUT2D eigenvalue weighted by Crippen LogP contribution is -2.38. The van der Waals surface area contributed by atoms with Crippen molar-refractivity contribution in [2.75, 3.05) is 19.6 Å². The van der Waals surface area contributed by atoms with Crippen molar-refractivity contribution < 1.29 is 9.59 Å². The Morgan fingerprint density at radius 1 is 1.04 bits per heavy atom. The first-order chi connectivity index (χ1) is 13.6. The van der Waals surface area contributed by atoms with Crippen LogP contribution in [-0.4, -0.2) is 42.3 Å². The SMILES string of the molecule is CCNC(=NCc1ccc(C)s1)NCCCCN1C(=O)c2ccccc2C1=O. The first-order valence-corrected chi connectivity index (χ1v) is 10.4. The molecule has 0 spiro atoms. The number of fused-ring (bicyclic) bond motifs is 1. The number of carbonyl (C=O) groups is 2. The molecule has 0 atom stereocenters. The van der Waals surface area contributed by atoms with E-state index in [9.17, 15) is 9.59 Å². The second-order valence-corrected chi connectivity index (χ2v) is 8.02. The monoisotopic (exact) mass is 398 g/mol. The van der Waals surface area contributed by atoms with Gasteiger partial charge in [0.05, 0.1) is 17.7 Å². The van der Waals surface area contributed by atoms with Gasteiger partial charge in [-0.05, 0) is 51.0 Å². The average Bonchev–Trinajstić information content (AvgIpc) is 3.22. The molecule has 0 bridgehead atoms. The number of unbranched alkanes of at least 4 members (excludes halogenated alkanes) is 1. The summed E-state index contributed by atoms with van der Waals surface area (Å²) in [5.41, 5.74) is 1.02. The van der Waals surface area contributed by atoms with Crippen molar-refractivity contribution >= 4 is 29.1 Å². The molecule has 0 fully saturated rings. The first-order valence-electron chi connectivity index (χ1n) is 9.63. The fraction of sp³-hybridized carbons (Fsp3) is 0.381. The van der Waals surface area contributed by atoms with Gasteiger partial charge >= 0.3 is 0 Å². The molecule has 2 aromatic rings. The molecular weight excluding hydrogens is 372 g/mol. The molecule has 0 saturated heterocycles. The summed E-state index contributed by atoms with van der Waals surface area (Å²) in [4.78, 5) is 33.2. The van der Waals surface area contributed by atoms with Gasteiger partial charge in [0, 0.05) is 29.4 Å². The molecule has 1 aliphatic rings. The molecule has 0 saturated carbocycles. The van der Waals surface area contributed by atoms with E-state index < -0.39 is 0 Å². The number of carbonyl (C=O) groups excluding carboxylic acids is 2. The number of rotatable bonds is 8. The number of thiophene rings is 1. The van der Waals surface area contributed by atoms with Crippen LogP contribution in [0.5, 0.6) is 0 Å². The lowest BCUT2D eigenvalue weighted by atomic mass is 10.1. The van der Waals surface area contributed by atoms with Crippen molar-refractivity contribution in [2.45, 2.75) is 33.2 Å². The Bertz CT molecular complexity index is 840. The first kappa shape index (κ1) is 20.1. The number of nitrogens with zero attached hydrogens (tertiary/aromatic N) is 2. The number of amides is 2. The highest BCUT2D eigenvalue weighted by Crippen LogP contribution is 2.22. The third kappa shape index (κ3) is 4.78. The Morgan fingerprint density at radius 3 is 2.36 bits per heavy atom. The topological polar surface area (TPSA) is 73.8 Å². The van der Waals surface area contributed by atoms with Gasteiger partial charge in [-0.15, -0.1) is 11.3 Å². The zero-order chi connectivity index (χ0) is 19.9. The zero-order valence-electron chi connectivity index (χ0n) is 16.3. The minimum absolute atomic E-state index is 0.185. The van der Waals surface area contributed by atoms with Crippen molar-refractivity contribution in [3.63, 3.8) is 0 Å². The highest BCUT2D eigenvalue weighted by atomic mass is 32.1. The second-order valence-electron chi connectivity index (χ2n) is 6.65. The molecule has 3 rings (SSSR count). The third-order valence-electron chi connectivity index (χ3n) is 4.51. The second kappa shape index (κ2) is 9.50. The van der Waals surface area contributed by atoms with E-state index in [1.54, 1.807) is 35.6 Å². The van der Waals surface area contributed by atoms with Crippen molar-refractivity contribution in [2.24, 2.45) is 4.99 Å². The molecule has 6 nitrogen and oxygen atoms in total. The van der Waals surface area contributed by atoms with Crippen LogP contribution in [0.4, 0.5) is 0 Å². The van der Waals surface area contributed by atoms with Crippen LogP contribution in [0.25, 0.3) is 0 Å². The molecule has 2 heterocycles. The summed E-state index contributed by atoms with van der Waals surface area (Å²) < 4.78 is 0. The van der Waals surface area contributed by atoms with Gasteiger partial charge in [-0.2, -0.15) is 0 Å². The Balaban J connectivity index is 1.43. The number of hydrogen-bond donors (Lipinski definition) is 2. The van der Waals surface area contributed by atoms with Crippen molar-refractivity contribution in [3.05, 3.63) is 57.3 Å². The van der Waals surface area contributed by atoms with Crippen LogP contribution < -0.4 is 10.6 Å². The zero-order valence-corrected chi connectivity index (χ0v) is 17.1. The summed E-state index contributed by atoms with van der Waals surface area (Å²) in [7, 11) is 0. The number of guanidine groups is 1. The van der Waals surface area contributed by atoms with Crippen LogP contribution >= 0.6 is 11.3 Å². The summed E-state index contributed by atoms with van der Waals surface area (Å²) in [6, 6.07) is 11.2. The largest absolute Gasteiger partial charge is 0.357 e. The number of imide groups is 1. The van der Waals surface area contributed by atoms with Gasteiger partial charge in [-0.1, -0.05) is 12.1 Å². The Morgan fingerprint density at radius 2 is 1.75 bits per heavy atom. The summed E-state index contributed by atoms with van der Waals surface area (Å²) in [6.07, 6.45) is 1.60. The number of hydrogen-bond acceptors (Lipinski definition) is 4. The van der Waals surface area contributed by atoms with Gasteiger partial charge in [0.2, 0.25) is 0 Å². The van der Waals surface area contributed by atoms with Crippen LogP contribution in [0, 0.1) is 6.92 Å². The number of aliphatic imine (C=N–C) groups is 1. The van der Waals surface area contributed by atoms with Crippen molar-refractivity contribution in [1.29, 1.82) is 0 Å². The number of nitrogens with one attached hydrogen (secondary N) is 2. The minimum atomic E-state index is -0.185. The maximum Gasteiger partial charge on any atom is 0.261 e. The van der Waals surface area contributed by atoms with Gasteiger partial charge in [-0.3, -0.25) is 14.5 Å². The van der Waals surface area contributed by atoms with Crippen LogP contribution in [0.15, 0.2) is 41.4 Å². The maximum absolute atomic E-state index is 12.3. The van der Waals surface area contributed by atoms with Crippen molar-refractivity contribution in [3.8, 4) is 0 Å². The van der Waals surface area contributed by atoms with E-state index in [0.717, 1.165) is 31.9 Å². The molecule has 0 radical (unpaired) electrons. The Hall–Kier alpha value is -2.67. The quantitative estimate of drug-likeness (QED) is 0.310. The molecule has 2 N–H and O–H groups in total. The predicted octanol–water partition coefficient (Wildman–Crippen LogP) is 3.19. The van der Waals surface area contributed by atoms with E-state index in [2.05, 4.69) is 34.7 Å². The Kier molecular flexibility index (Phi) is 6.81. The van der Waals surface area contributed by atoms with E-state index in [4.69, 9.17) is 0 Å². The van der Waals surface area contributed by atoms with Gasteiger partial charge < -0.3 is 10.6 Å². The lowest BCUT2D eigenvalue weighted by molar-refractivity contribution is 0.0652. The van der Waals surface area contributed by atoms with Crippen LogP contribution in [0.2, 0.25) is 0 Å². The molecule has 28 heavy (non-hydrogen) atoms. The number of benzene rings is 1.